The minimum Gasteiger partial charge on any atom is -0.385 e. The van der Waals surface area contributed by atoms with E-state index in [2.05, 4.69) is 0 Å². The van der Waals surface area contributed by atoms with E-state index in [1.54, 1.807) is 0 Å². The molecule has 0 bridgehead atoms. The van der Waals surface area contributed by atoms with Gasteiger partial charge in [-0.05, 0) is 30.7 Å². The number of Topliss-reactive ketones (excluding diaryl/α,β-unsaturated/α-hetero) is 1. The van der Waals surface area contributed by atoms with Gasteiger partial charge >= 0.3 is 0 Å². The summed E-state index contributed by atoms with van der Waals surface area (Å²) in [4.78, 5) is 11.2. The number of hydrogen-bond donors (Lipinski definition) is 2. The van der Waals surface area contributed by atoms with Crippen molar-refractivity contribution < 1.29 is 19.4 Å². The summed E-state index contributed by atoms with van der Waals surface area (Å²) in [6.45, 7) is 1.25. The fraction of sp³-hybridized carbons (Fsp3) is 0.273. The number of ketones is 1. The molecule has 0 aliphatic carbocycles. The average molecular weight is 223 g/mol. The van der Waals surface area contributed by atoms with Gasteiger partial charge in [-0.2, -0.15) is 5.26 Å². The van der Waals surface area contributed by atoms with E-state index in [1.807, 2.05) is 0 Å². The highest BCUT2D eigenvalue weighted by atomic mass is 19.1. The summed E-state index contributed by atoms with van der Waals surface area (Å²) in [6, 6.07) is 4.64. The van der Waals surface area contributed by atoms with Crippen LogP contribution >= 0.6 is 0 Å². The smallest absolute Gasteiger partial charge is 0.170 e. The highest BCUT2D eigenvalue weighted by Crippen LogP contribution is 2.22. The first-order chi connectivity index (χ1) is 7.47. The minimum atomic E-state index is -1.69. The van der Waals surface area contributed by atoms with E-state index >= 15 is 0 Å². The molecule has 5 heteroatoms. The molecule has 0 heterocycles. The second-order valence-corrected chi connectivity index (χ2v) is 3.31. The van der Waals surface area contributed by atoms with Gasteiger partial charge in [0.05, 0.1) is 6.07 Å². The van der Waals surface area contributed by atoms with Crippen LogP contribution in [0.25, 0.3) is 0 Å². The summed E-state index contributed by atoms with van der Waals surface area (Å²) in [5.41, 5.74) is 0.00440. The molecule has 0 fully saturated rings. The van der Waals surface area contributed by atoms with Gasteiger partial charge in [0.25, 0.3) is 0 Å². The van der Waals surface area contributed by atoms with Gasteiger partial charge in [0.1, 0.15) is 11.9 Å². The topological polar surface area (TPSA) is 81.3 Å². The van der Waals surface area contributed by atoms with Crippen molar-refractivity contribution >= 4 is 5.78 Å². The van der Waals surface area contributed by atoms with Gasteiger partial charge in [-0.15, -0.1) is 0 Å². The van der Waals surface area contributed by atoms with Crippen molar-refractivity contribution in [1.82, 2.24) is 0 Å². The fourth-order valence-corrected chi connectivity index (χ4v) is 1.34. The summed E-state index contributed by atoms with van der Waals surface area (Å²) in [7, 11) is 0. The van der Waals surface area contributed by atoms with Crippen LogP contribution in [-0.2, 0) is 0 Å². The number of hydrogen-bond acceptors (Lipinski definition) is 4. The Kier molecular flexibility index (Phi) is 3.72. The molecule has 2 atom stereocenters. The van der Waals surface area contributed by atoms with Crippen LogP contribution in [0.3, 0.4) is 0 Å². The van der Waals surface area contributed by atoms with Crippen molar-refractivity contribution in [3.8, 4) is 6.07 Å². The van der Waals surface area contributed by atoms with E-state index in [0.717, 1.165) is 12.1 Å². The van der Waals surface area contributed by atoms with Crippen molar-refractivity contribution in [2.45, 2.75) is 19.1 Å². The van der Waals surface area contributed by atoms with Crippen LogP contribution in [0.5, 0.6) is 0 Å². The van der Waals surface area contributed by atoms with Gasteiger partial charge in [-0.3, -0.25) is 4.79 Å². The number of benzene rings is 1. The van der Waals surface area contributed by atoms with Crippen LogP contribution in [0.15, 0.2) is 18.2 Å². The van der Waals surface area contributed by atoms with Crippen LogP contribution in [0.1, 0.15) is 28.9 Å². The summed E-state index contributed by atoms with van der Waals surface area (Å²) >= 11 is 0. The standard InChI is InChI=1S/C11H10FNO3/c1-6(14)8-3-2-7(12)4-9(8)11(16)10(15)5-13/h2-4,10-11,15-16H,1H3. The molecule has 0 radical (unpaired) electrons. The van der Waals surface area contributed by atoms with E-state index in [4.69, 9.17) is 10.4 Å². The Labute approximate surface area is 91.6 Å². The Hall–Kier alpha value is -1.77. The molecule has 1 aromatic rings. The first-order valence-electron chi connectivity index (χ1n) is 4.53. The number of nitrogens with zero attached hydrogens (tertiary/aromatic N) is 1. The van der Waals surface area contributed by atoms with Crippen LogP contribution < -0.4 is 0 Å². The molecule has 4 nitrogen and oxygen atoms in total. The summed E-state index contributed by atoms with van der Waals surface area (Å²) in [5.74, 6) is -1.02. The van der Waals surface area contributed by atoms with E-state index in [9.17, 15) is 14.3 Å². The first kappa shape index (κ1) is 12.3. The third-order valence-electron chi connectivity index (χ3n) is 2.14. The zero-order chi connectivity index (χ0) is 12.3. The maximum atomic E-state index is 13.0. The van der Waals surface area contributed by atoms with Crippen LogP contribution in [0.2, 0.25) is 0 Å². The minimum absolute atomic E-state index is 0.0819. The molecule has 0 saturated carbocycles. The molecule has 0 aromatic heterocycles. The SMILES string of the molecule is CC(=O)c1ccc(F)cc1C(O)C(O)C#N. The third-order valence-corrected chi connectivity index (χ3v) is 2.14. The number of carbonyl (C=O) groups excluding carboxylic acids is 1. The Bertz CT molecular complexity index is 453. The van der Waals surface area contributed by atoms with Crippen LogP contribution in [0.4, 0.5) is 4.39 Å². The lowest BCUT2D eigenvalue weighted by atomic mass is 9.97. The molecule has 2 N–H and O–H groups in total. The van der Waals surface area contributed by atoms with Gasteiger partial charge in [-0.1, -0.05) is 0 Å². The van der Waals surface area contributed by atoms with Crippen molar-refractivity contribution in [3.05, 3.63) is 35.1 Å². The van der Waals surface area contributed by atoms with E-state index in [0.29, 0.717) is 0 Å². The molecular formula is C11H10FNO3. The molecule has 84 valence electrons. The molecule has 0 spiro atoms. The van der Waals surface area contributed by atoms with Crippen molar-refractivity contribution in [2.75, 3.05) is 0 Å². The number of nitriles is 1. The maximum absolute atomic E-state index is 13.0. The monoisotopic (exact) mass is 223 g/mol. The maximum Gasteiger partial charge on any atom is 0.170 e. The molecular weight excluding hydrogens is 213 g/mol. The molecule has 0 aliphatic rings. The number of aliphatic hydroxyl groups excluding tert-OH is 2. The molecule has 1 rings (SSSR count). The highest BCUT2D eigenvalue weighted by Gasteiger charge is 2.22. The van der Waals surface area contributed by atoms with Gasteiger partial charge in [0.2, 0.25) is 0 Å². The van der Waals surface area contributed by atoms with Gasteiger partial charge < -0.3 is 10.2 Å². The Morgan fingerprint density at radius 3 is 2.62 bits per heavy atom. The quantitative estimate of drug-likeness (QED) is 0.590. The lowest BCUT2D eigenvalue weighted by molar-refractivity contribution is 0.0517. The number of aliphatic hydroxyl groups is 2. The second kappa shape index (κ2) is 4.84. The lowest BCUT2D eigenvalue weighted by Gasteiger charge is -2.15. The molecule has 16 heavy (non-hydrogen) atoms. The molecule has 2 unspecified atom stereocenters. The average Bonchev–Trinajstić information content (AvgIpc) is 2.26. The zero-order valence-corrected chi connectivity index (χ0v) is 8.51. The summed E-state index contributed by atoms with van der Waals surface area (Å²) < 4.78 is 13.0. The summed E-state index contributed by atoms with van der Waals surface area (Å²) in [5, 5.41) is 27.1. The zero-order valence-electron chi connectivity index (χ0n) is 8.51. The summed E-state index contributed by atoms with van der Waals surface area (Å²) in [6.07, 6.45) is -3.29. The highest BCUT2D eigenvalue weighted by molar-refractivity contribution is 5.95. The van der Waals surface area contributed by atoms with Crippen molar-refractivity contribution in [1.29, 1.82) is 5.26 Å². The third kappa shape index (κ3) is 2.42. The first-order valence-corrected chi connectivity index (χ1v) is 4.53. The Morgan fingerprint density at radius 2 is 2.12 bits per heavy atom. The van der Waals surface area contributed by atoms with Crippen molar-refractivity contribution in [2.24, 2.45) is 0 Å². The largest absolute Gasteiger partial charge is 0.385 e. The van der Waals surface area contributed by atoms with E-state index < -0.39 is 18.0 Å². The molecule has 0 amide bonds. The molecule has 0 aliphatic heterocycles. The van der Waals surface area contributed by atoms with Crippen LogP contribution in [-0.4, -0.2) is 22.1 Å². The lowest BCUT2D eigenvalue weighted by Crippen LogP contribution is -2.18. The van der Waals surface area contributed by atoms with Crippen molar-refractivity contribution in [3.63, 3.8) is 0 Å². The Morgan fingerprint density at radius 1 is 1.50 bits per heavy atom. The van der Waals surface area contributed by atoms with Gasteiger partial charge in [-0.25, -0.2) is 4.39 Å². The van der Waals surface area contributed by atoms with Gasteiger partial charge in [0, 0.05) is 5.56 Å². The Balaban J connectivity index is 3.25. The number of rotatable bonds is 3. The van der Waals surface area contributed by atoms with Gasteiger partial charge in [0.15, 0.2) is 11.9 Å². The number of carbonyl (C=O) groups is 1. The normalized spacial score (nSPS) is 13.9. The van der Waals surface area contributed by atoms with E-state index in [-0.39, 0.29) is 16.9 Å². The second-order valence-electron chi connectivity index (χ2n) is 3.31. The number of halogens is 1. The molecule has 1 aromatic carbocycles. The predicted octanol–water partition coefficient (Wildman–Crippen LogP) is 0.946. The fourth-order valence-electron chi connectivity index (χ4n) is 1.34. The molecule has 0 saturated heterocycles. The van der Waals surface area contributed by atoms with Crippen LogP contribution in [0, 0.1) is 17.1 Å². The van der Waals surface area contributed by atoms with E-state index in [1.165, 1.54) is 19.1 Å². The predicted molar refractivity (Wildman–Crippen MR) is 53.0 cm³/mol.